The summed E-state index contributed by atoms with van der Waals surface area (Å²) in [4.78, 5) is 4.23. The molecule has 0 bridgehead atoms. The zero-order chi connectivity index (χ0) is 13.0. The number of aromatic nitrogens is 1. The molecule has 0 saturated heterocycles. The fourth-order valence-corrected chi connectivity index (χ4v) is 1.89. The van der Waals surface area contributed by atoms with Crippen LogP contribution in [0.1, 0.15) is 13.3 Å². The molecule has 0 aliphatic rings. The molecule has 0 spiro atoms. The zero-order valence-electron chi connectivity index (χ0n) is 10.1. The van der Waals surface area contributed by atoms with Gasteiger partial charge < -0.3 is 5.32 Å². The second-order valence-corrected chi connectivity index (χ2v) is 4.45. The second kappa shape index (κ2) is 5.83. The molecule has 0 aliphatic heterocycles. The number of anilines is 1. The van der Waals surface area contributed by atoms with Gasteiger partial charge in [-0.15, -0.1) is 0 Å². The van der Waals surface area contributed by atoms with Crippen LogP contribution < -0.4 is 5.32 Å². The number of benzene rings is 1. The summed E-state index contributed by atoms with van der Waals surface area (Å²) in [5.74, 6) is -0.355. The Labute approximate surface area is 111 Å². The van der Waals surface area contributed by atoms with E-state index in [2.05, 4.69) is 17.2 Å². The number of nitrogens with one attached hydrogen (secondary N) is 1. The van der Waals surface area contributed by atoms with Crippen LogP contribution in [0.2, 0.25) is 5.02 Å². The Kier molecular flexibility index (Phi) is 4.15. The van der Waals surface area contributed by atoms with Gasteiger partial charge in [0.05, 0.1) is 5.69 Å². The molecule has 1 heterocycles. The fraction of sp³-hybridized carbons (Fsp3) is 0.214. The SMILES string of the molecule is CCCNc1ccnc(-c2cc(F)cc(Cl)c2)c1. The average Bonchev–Trinajstić information content (AvgIpc) is 2.35. The third-order valence-electron chi connectivity index (χ3n) is 2.50. The summed E-state index contributed by atoms with van der Waals surface area (Å²) < 4.78 is 13.3. The topological polar surface area (TPSA) is 24.9 Å². The zero-order valence-corrected chi connectivity index (χ0v) is 10.8. The number of nitrogens with zero attached hydrogens (tertiary/aromatic N) is 1. The lowest BCUT2D eigenvalue weighted by atomic mass is 10.1. The summed E-state index contributed by atoms with van der Waals surface area (Å²) in [6, 6.07) is 8.19. The average molecular weight is 265 g/mol. The van der Waals surface area contributed by atoms with Crippen LogP contribution in [-0.4, -0.2) is 11.5 Å². The molecule has 0 amide bonds. The number of rotatable bonds is 4. The van der Waals surface area contributed by atoms with Crippen molar-refractivity contribution in [3.63, 3.8) is 0 Å². The maximum Gasteiger partial charge on any atom is 0.125 e. The molecule has 0 radical (unpaired) electrons. The van der Waals surface area contributed by atoms with Crippen molar-refractivity contribution < 1.29 is 4.39 Å². The summed E-state index contributed by atoms with van der Waals surface area (Å²) in [5, 5.41) is 3.64. The predicted molar refractivity (Wildman–Crippen MR) is 73.4 cm³/mol. The summed E-state index contributed by atoms with van der Waals surface area (Å²) in [7, 11) is 0. The van der Waals surface area contributed by atoms with Crippen LogP contribution in [0.4, 0.5) is 10.1 Å². The highest BCUT2D eigenvalue weighted by molar-refractivity contribution is 6.30. The highest BCUT2D eigenvalue weighted by Crippen LogP contribution is 2.24. The fourth-order valence-electron chi connectivity index (χ4n) is 1.67. The molecular weight excluding hydrogens is 251 g/mol. The number of hydrogen-bond acceptors (Lipinski definition) is 2. The van der Waals surface area contributed by atoms with Crippen LogP contribution in [0, 0.1) is 5.82 Å². The van der Waals surface area contributed by atoms with E-state index in [9.17, 15) is 4.39 Å². The smallest absolute Gasteiger partial charge is 0.125 e. The highest BCUT2D eigenvalue weighted by atomic mass is 35.5. The molecule has 1 aromatic carbocycles. The number of pyridine rings is 1. The van der Waals surface area contributed by atoms with Gasteiger partial charge in [-0.3, -0.25) is 4.98 Å². The van der Waals surface area contributed by atoms with Crippen molar-refractivity contribution in [2.75, 3.05) is 11.9 Å². The molecular formula is C14H14ClFN2. The Morgan fingerprint density at radius 3 is 2.83 bits per heavy atom. The van der Waals surface area contributed by atoms with E-state index in [1.807, 2.05) is 12.1 Å². The lowest BCUT2D eigenvalue weighted by Gasteiger charge is -2.07. The molecule has 2 nitrogen and oxygen atoms in total. The molecule has 2 aromatic rings. The van der Waals surface area contributed by atoms with Gasteiger partial charge in [0.25, 0.3) is 0 Å². The Hall–Kier alpha value is -1.61. The Morgan fingerprint density at radius 2 is 2.11 bits per heavy atom. The molecule has 0 fully saturated rings. The van der Waals surface area contributed by atoms with E-state index in [1.165, 1.54) is 12.1 Å². The van der Waals surface area contributed by atoms with Crippen molar-refractivity contribution in [3.05, 3.63) is 47.4 Å². The van der Waals surface area contributed by atoms with E-state index in [-0.39, 0.29) is 5.82 Å². The number of halogens is 2. The lowest BCUT2D eigenvalue weighted by molar-refractivity contribution is 0.628. The Balaban J connectivity index is 2.32. The van der Waals surface area contributed by atoms with Crippen molar-refractivity contribution in [1.29, 1.82) is 0 Å². The van der Waals surface area contributed by atoms with E-state index in [1.54, 1.807) is 12.3 Å². The highest BCUT2D eigenvalue weighted by Gasteiger charge is 2.04. The van der Waals surface area contributed by atoms with Gasteiger partial charge in [-0.1, -0.05) is 18.5 Å². The molecule has 18 heavy (non-hydrogen) atoms. The molecule has 0 atom stereocenters. The van der Waals surface area contributed by atoms with Crippen molar-refractivity contribution >= 4 is 17.3 Å². The summed E-state index contributed by atoms with van der Waals surface area (Å²) >= 11 is 5.84. The van der Waals surface area contributed by atoms with Gasteiger partial charge in [0.1, 0.15) is 5.82 Å². The first kappa shape index (κ1) is 12.8. The summed E-state index contributed by atoms with van der Waals surface area (Å²) in [5.41, 5.74) is 2.36. The van der Waals surface area contributed by atoms with E-state index in [4.69, 9.17) is 11.6 Å². The van der Waals surface area contributed by atoms with Crippen molar-refractivity contribution in [3.8, 4) is 11.3 Å². The normalized spacial score (nSPS) is 10.4. The monoisotopic (exact) mass is 264 g/mol. The Bertz CT molecular complexity index is 523. The molecule has 2 rings (SSSR count). The minimum atomic E-state index is -0.355. The molecule has 1 aromatic heterocycles. The van der Waals surface area contributed by atoms with Crippen LogP contribution in [0.5, 0.6) is 0 Å². The molecule has 0 aliphatic carbocycles. The van der Waals surface area contributed by atoms with Gasteiger partial charge >= 0.3 is 0 Å². The van der Waals surface area contributed by atoms with E-state index in [0.29, 0.717) is 16.3 Å². The lowest BCUT2D eigenvalue weighted by Crippen LogP contribution is -2.00. The second-order valence-electron chi connectivity index (χ2n) is 4.01. The largest absolute Gasteiger partial charge is 0.385 e. The van der Waals surface area contributed by atoms with Crippen molar-refractivity contribution in [2.24, 2.45) is 0 Å². The minimum Gasteiger partial charge on any atom is -0.385 e. The number of hydrogen-bond donors (Lipinski definition) is 1. The molecule has 0 unspecified atom stereocenters. The van der Waals surface area contributed by atoms with Gasteiger partial charge in [0.2, 0.25) is 0 Å². The molecule has 0 saturated carbocycles. The first-order valence-corrected chi connectivity index (χ1v) is 6.23. The van der Waals surface area contributed by atoms with Crippen LogP contribution in [0.25, 0.3) is 11.3 Å². The first-order chi connectivity index (χ1) is 8.69. The molecule has 4 heteroatoms. The van der Waals surface area contributed by atoms with Crippen LogP contribution in [-0.2, 0) is 0 Å². The van der Waals surface area contributed by atoms with Crippen molar-refractivity contribution in [1.82, 2.24) is 4.98 Å². The maximum atomic E-state index is 13.3. The van der Waals surface area contributed by atoms with Gasteiger partial charge in [-0.25, -0.2) is 4.39 Å². The quantitative estimate of drug-likeness (QED) is 0.887. The predicted octanol–water partition coefficient (Wildman–Crippen LogP) is 4.36. The maximum absolute atomic E-state index is 13.3. The van der Waals surface area contributed by atoms with Crippen molar-refractivity contribution in [2.45, 2.75) is 13.3 Å². The minimum absolute atomic E-state index is 0.355. The summed E-state index contributed by atoms with van der Waals surface area (Å²) in [6.07, 6.45) is 2.75. The van der Waals surface area contributed by atoms with Crippen LogP contribution >= 0.6 is 11.6 Å². The Morgan fingerprint density at radius 1 is 1.28 bits per heavy atom. The first-order valence-electron chi connectivity index (χ1n) is 5.85. The van der Waals surface area contributed by atoms with E-state index >= 15 is 0 Å². The standard InChI is InChI=1S/C14H14ClFN2/c1-2-4-17-13-3-5-18-14(9-13)10-6-11(15)8-12(16)7-10/h3,5-9H,2,4H2,1H3,(H,17,18). The van der Waals surface area contributed by atoms with Gasteiger partial charge in [0.15, 0.2) is 0 Å². The molecule has 1 N–H and O–H groups in total. The van der Waals surface area contributed by atoms with Gasteiger partial charge in [-0.05, 0) is 36.8 Å². The van der Waals surface area contributed by atoms with Gasteiger partial charge in [0, 0.05) is 29.0 Å². The van der Waals surface area contributed by atoms with Crippen LogP contribution in [0.3, 0.4) is 0 Å². The van der Waals surface area contributed by atoms with Gasteiger partial charge in [-0.2, -0.15) is 0 Å². The third-order valence-corrected chi connectivity index (χ3v) is 2.72. The van der Waals surface area contributed by atoms with E-state index in [0.717, 1.165) is 18.7 Å². The van der Waals surface area contributed by atoms with Crippen LogP contribution in [0.15, 0.2) is 36.5 Å². The van der Waals surface area contributed by atoms with E-state index < -0.39 is 0 Å². The molecule has 94 valence electrons. The summed E-state index contributed by atoms with van der Waals surface area (Å²) in [6.45, 7) is 2.99. The third kappa shape index (κ3) is 3.20.